The summed E-state index contributed by atoms with van der Waals surface area (Å²) in [5.74, 6) is 0.00125. The zero-order chi connectivity index (χ0) is 13.7. The Morgan fingerprint density at radius 1 is 1.26 bits per heavy atom. The molecule has 0 aliphatic rings. The summed E-state index contributed by atoms with van der Waals surface area (Å²) in [4.78, 5) is 17.2. The van der Waals surface area contributed by atoms with E-state index < -0.39 is 0 Å². The van der Waals surface area contributed by atoms with Crippen LogP contribution in [0.25, 0.3) is 10.9 Å². The molecule has 4 nitrogen and oxygen atoms in total. The van der Waals surface area contributed by atoms with Gasteiger partial charge in [-0.3, -0.25) is 4.79 Å². The van der Waals surface area contributed by atoms with Crippen molar-refractivity contribution in [3.05, 3.63) is 36.0 Å². The third kappa shape index (κ3) is 3.83. The van der Waals surface area contributed by atoms with E-state index in [0.29, 0.717) is 5.56 Å². The molecular weight excluding hydrogens is 238 g/mol. The summed E-state index contributed by atoms with van der Waals surface area (Å²) in [6.45, 7) is 1.79. The summed E-state index contributed by atoms with van der Waals surface area (Å²) in [5, 5.41) is 4.09. The molecule has 1 aromatic carbocycles. The summed E-state index contributed by atoms with van der Waals surface area (Å²) in [5.41, 5.74) is 1.71. The molecule has 0 atom stereocenters. The number of H-pyrrole nitrogens is 1. The van der Waals surface area contributed by atoms with Crippen molar-refractivity contribution in [2.45, 2.75) is 12.8 Å². The van der Waals surface area contributed by atoms with Gasteiger partial charge in [0.15, 0.2) is 0 Å². The molecule has 2 aromatic rings. The smallest absolute Gasteiger partial charge is 0.251 e. The van der Waals surface area contributed by atoms with Crippen LogP contribution in [-0.4, -0.2) is 43.0 Å². The average Bonchev–Trinajstić information content (AvgIpc) is 2.84. The van der Waals surface area contributed by atoms with Crippen LogP contribution in [0.15, 0.2) is 30.5 Å². The normalized spacial score (nSPS) is 11.1. The predicted molar refractivity (Wildman–Crippen MR) is 78.4 cm³/mol. The molecule has 4 heteroatoms. The molecule has 0 saturated carbocycles. The van der Waals surface area contributed by atoms with Gasteiger partial charge in [0.1, 0.15) is 0 Å². The minimum atomic E-state index is 0.00125. The molecule has 102 valence electrons. The summed E-state index contributed by atoms with van der Waals surface area (Å²) >= 11 is 0. The first kappa shape index (κ1) is 13.6. The van der Waals surface area contributed by atoms with Crippen LogP contribution < -0.4 is 5.32 Å². The van der Waals surface area contributed by atoms with E-state index in [4.69, 9.17) is 0 Å². The first-order valence-corrected chi connectivity index (χ1v) is 6.67. The lowest BCUT2D eigenvalue weighted by atomic mass is 10.1. The van der Waals surface area contributed by atoms with Crippen molar-refractivity contribution >= 4 is 16.8 Å². The number of carbonyl (C=O) groups is 1. The van der Waals surface area contributed by atoms with Crippen molar-refractivity contribution in [3.8, 4) is 0 Å². The van der Waals surface area contributed by atoms with Gasteiger partial charge in [0.25, 0.3) is 5.91 Å². The average molecular weight is 259 g/mol. The Morgan fingerprint density at radius 3 is 2.89 bits per heavy atom. The van der Waals surface area contributed by atoms with Gasteiger partial charge in [0.2, 0.25) is 0 Å². The molecule has 0 radical (unpaired) electrons. The van der Waals surface area contributed by atoms with E-state index in [0.717, 1.165) is 36.8 Å². The van der Waals surface area contributed by atoms with Crippen LogP contribution in [0.2, 0.25) is 0 Å². The van der Waals surface area contributed by atoms with E-state index in [1.54, 1.807) is 0 Å². The second kappa shape index (κ2) is 6.38. The van der Waals surface area contributed by atoms with Crippen molar-refractivity contribution in [2.75, 3.05) is 27.2 Å². The molecular formula is C15H21N3O. The summed E-state index contributed by atoms with van der Waals surface area (Å²) in [7, 11) is 4.12. The number of nitrogens with zero attached hydrogens (tertiary/aromatic N) is 1. The number of unbranched alkanes of at least 4 members (excludes halogenated alkanes) is 1. The maximum absolute atomic E-state index is 12.0. The first-order chi connectivity index (χ1) is 9.16. The molecule has 2 rings (SSSR count). The van der Waals surface area contributed by atoms with Gasteiger partial charge in [-0.05, 0) is 57.1 Å². The van der Waals surface area contributed by atoms with Gasteiger partial charge >= 0.3 is 0 Å². The number of amides is 1. The highest BCUT2D eigenvalue weighted by Crippen LogP contribution is 2.13. The molecule has 0 aliphatic heterocycles. The zero-order valence-electron chi connectivity index (χ0n) is 11.6. The molecule has 1 amide bonds. The second-order valence-corrected chi connectivity index (χ2v) is 5.05. The molecule has 0 fully saturated rings. The van der Waals surface area contributed by atoms with Crippen LogP contribution in [0.3, 0.4) is 0 Å². The molecule has 0 spiro atoms. The van der Waals surface area contributed by atoms with Gasteiger partial charge in [0, 0.05) is 23.8 Å². The van der Waals surface area contributed by atoms with E-state index in [2.05, 4.69) is 29.3 Å². The summed E-state index contributed by atoms with van der Waals surface area (Å²) in [6.07, 6.45) is 3.99. The minimum Gasteiger partial charge on any atom is -0.361 e. The van der Waals surface area contributed by atoms with Crippen molar-refractivity contribution in [2.24, 2.45) is 0 Å². The molecule has 1 aromatic heterocycles. The van der Waals surface area contributed by atoms with E-state index in [-0.39, 0.29) is 5.91 Å². The molecule has 0 aliphatic carbocycles. The Labute approximate surface area is 113 Å². The number of benzene rings is 1. The van der Waals surface area contributed by atoms with Crippen LogP contribution in [-0.2, 0) is 0 Å². The molecule has 1 heterocycles. The quantitative estimate of drug-likeness (QED) is 0.782. The number of hydrogen-bond donors (Lipinski definition) is 2. The largest absolute Gasteiger partial charge is 0.361 e. The fourth-order valence-corrected chi connectivity index (χ4v) is 2.05. The number of rotatable bonds is 6. The first-order valence-electron chi connectivity index (χ1n) is 6.67. The van der Waals surface area contributed by atoms with Gasteiger partial charge in [0.05, 0.1) is 0 Å². The minimum absolute atomic E-state index is 0.00125. The maximum atomic E-state index is 12.0. The van der Waals surface area contributed by atoms with Crippen molar-refractivity contribution in [3.63, 3.8) is 0 Å². The Kier molecular flexibility index (Phi) is 4.58. The second-order valence-electron chi connectivity index (χ2n) is 5.05. The molecule has 0 unspecified atom stereocenters. The predicted octanol–water partition coefficient (Wildman–Crippen LogP) is 2.24. The fraction of sp³-hybridized carbons (Fsp3) is 0.400. The van der Waals surface area contributed by atoms with Crippen LogP contribution in [0.1, 0.15) is 23.2 Å². The molecule has 19 heavy (non-hydrogen) atoms. The third-order valence-electron chi connectivity index (χ3n) is 3.13. The lowest BCUT2D eigenvalue weighted by Crippen LogP contribution is -2.25. The Bertz CT molecular complexity index is 545. The van der Waals surface area contributed by atoms with E-state index in [9.17, 15) is 4.79 Å². The van der Waals surface area contributed by atoms with Gasteiger partial charge < -0.3 is 15.2 Å². The summed E-state index contributed by atoms with van der Waals surface area (Å²) < 4.78 is 0. The Morgan fingerprint density at radius 2 is 2.11 bits per heavy atom. The number of aromatic nitrogens is 1. The Hall–Kier alpha value is -1.81. The van der Waals surface area contributed by atoms with Crippen LogP contribution in [0.5, 0.6) is 0 Å². The van der Waals surface area contributed by atoms with Gasteiger partial charge in [-0.2, -0.15) is 0 Å². The SMILES string of the molecule is CN(C)CCCCNC(=O)c1ccc2cc[nH]c2c1. The summed E-state index contributed by atoms with van der Waals surface area (Å²) in [6, 6.07) is 7.72. The number of hydrogen-bond acceptors (Lipinski definition) is 2. The van der Waals surface area contributed by atoms with Crippen molar-refractivity contribution in [1.82, 2.24) is 15.2 Å². The number of carbonyl (C=O) groups excluding carboxylic acids is 1. The Balaban J connectivity index is 1.82. The monoisotopic (exact) mass is 259 g/mol. The van der Waals surface area contributed by atoms with Gasteiger partial charge in [-0.1, -0.05) is 6.07 Å². The van der Waals surface area contributed by atoms with E-state index in [1.165, 1.54) is 0 Å². The maximum Gasteiger partial charge on any atom is 0.251 e. The van der Waals surface area contributed by atoms with E-state index in [1.807, 2.05) is 30.5 Å². The lowest BCUT2D eigenvalue weighted by Gasteiger charge is -2.09. The molecule has 0 saturated heterocycles. The van der Waals surface area contributed by atoms with Crippen LogP contribution in [0.4, 0.5) is 0 Å². The van der Waals surface area contributed by atoms with E-state index >= 15 is 0 Å². The number of nitrogens with one attached hydrogen (secondary N) is 2. The van der Waals surface area contributed by atoms with Crippen molar-refractivity contribution in [1.29, 1.82) is 0 Å². The molecule has 0 bridgehead atoms. The molecule has 2 N–H and O–H groups in total. The van der Waals surface area contributed by atoms with Gasteiger partial charge in [-0.15, -0.1) is 0 Å². The standard InChI is InChI=1S/C15H21N3O/c1-18(2)10-4-3-8-17-15(19)13-6-5-12-7-9-16-14(12)11-13/h5-7,9,11,16H,3-4,8,10H2,1-2H3,(H,17,19). The van der Waals surface area contributed by atoms with Crippen LogP contribution in [0, 0.1) is 0 Å². The highest BCUT2D eigenvalue weighted by Gasteiger charge is 2.05. The highest BCUT2D eigenvalue weighted by atomic mass is 16.1. The topological polar surface area (TPSA) is 48.1 Å². The number of fused-ring (bicyclic) bond motifs is 1. The highest BCUT2D eigenvalue weighted by molar-refractivity contribution is 5.97. The fourth-order valence-electron chi connectivity index (χ4n) is 2.05. The van der Waals surface area contributed by atoms with Crippen molar-refractivity contribution < 1.29 is 4.79 Å². The lowest BCUT2D eigenvalue weighted by molar-refractivity contribution is 0.0953. The number of aromatic amines is 1. The third-order valence-corrected chi connectivity index (χ3v) is 3.13. The van der Waals surface area contributed by atoms with Crippen LogP contribution >= 0.6 is 0 Å². The zero-order valence-corrected chi connectivity index (χ0v) is 11.6. The van der Waals surface area contributed by atoms with Gasteiger partial charge in [-0.25, -0.2) is 0 Å².